The molecular formula is C36H41ClN8O2. The lowest BCUT2D eigenvalue weighted by atomic mass is 9.45. The van der Waals surface area contributed by atoms with Gasteiger partial charge in [-0.3, -0.25) is 19.1 Å². The van der Waals surface area contributed by atoms with E-state index in [2.05, 4.69) is 41.4 Å². The Morgan fingerprint density at radius 3 is 2.62 bits per heavy atom. The van der Waals surface area contributed by atoms with Crippen LogP contribution in [0.1, 0.15) is 46.1 Å². The highest BCUT2D eigenvalue weighted by Crippen LogP contribution is 2.61. The molecule has 47 heavy (non-hydrogen) atoms. The van der Waals surface area contributed by atoms with Gasteiger partial charge in [0, 0.05) is 42.2 Å². The molecule has 1 aliphatic heterocycles. The molecule has 2 aromatic heterocycles. The Kier molecular flexibility index (Phi) is 8.24. The third-order valence-corrected chi connectivity index (χ3v) is 10.9. The fraction of sp³-hybridized carbons (Fsp3) is 0.444. The first-order chi connectivity index (χ1) is 22.6. The number of aliphatic imine (C=N–C) groups is 1. The maximum absolute atomic E-state index is 14.0. The number of aryl methyl sites for hydroxylation is 1. The van der Waals surface area contributed by atoms with Crippen molar-refractivity contribution in [3.8, 4) is 11.5 Å². The van der Waals surface area contributed by atoms with Crippen LogP contribution in [0.15, 0.2) is 70.8 Å². The first-order valence-electron chi connectivity index (χ1n) is 16.5. The molecule has 10 nitrogen and oxygen atoms in total. The number of carbonyl (C=O) groups is 1. The summed E-state index contributed by atoms with van der Waals surface area (Å²) in [6.07, 6.45) is 7.76. The maximum atomic E-state index is 14.0. The topological polar surface area (TPSA) is 117 Å². The molecule has 4 fully saturated rings. The van der Waals surface area contributed by atoms with E-state index in [0.717, 1.165) is 17.7 Å². The fourth-order valence-corrected chi connectivity index (χ4v) is 8.00. The third kappa shape index (κ3) is 6.11. The van der Waals surface area contributed by atoms with Crippen LogP contribution in [0.4, 0.5) is 5.69 Å². The van der Waals surface area contributed by atoms with Crippen molar-refractivity contribution in [2.75, 3.05) is 18.4 Å². The second-order valence-corrected chi connectivity index (χ2v) is 14.5. The largest absolute Gasteiger partial charge is 0.350 e. The number of hydrogen-bond donors (Lipinski definition) is 2. The standard InChI is InChI=1S/C36H41ClN8O2/c1-21-19-44(20-32(46)40-21)35(43-29-16-24-15-28(22(29)2)36(24,3)4)41-26-9-10-27-30(17-26)42-33(31-18-38-12-13-39-31)45(34(27)47)14-11-23-5-7-25(37)8-6-23/h5-10,12-13,17-18,21-22,24,28-29H,11,14-16,19-20H2,1-4H3,(H,40,46)(H,41,43)/t21-,22-,24+,28-,29?/m0/s1. The van der Waals surface area contributed by atoms with E-state index in [1.54, 1.807) is 23.2 Å². The molecule has 0 spiro atoms. The number of carbonyl (C=O) groups excluding carboxylic acids is 1. The summed E-state index contributed by atoms with van der Waals surface area (Å²) < 4.78 is 1.67. The van der Waals surface area contributed by atoms with Crippen LogP contribution >= 0.6 is 11.6 Å². The molecule has 1 saturated heterocycles. The molecule has 3 saturated carbocycles. The fourth-order valence-electron chi connectivity index (χ4n) is 7.88. The average molecular weight is 653 g/mol. The van der Waals surface area contributed by atoms with Gasteiger partial charge in [0.2, 0.25) is 5.91 Å². The maximum Gasteiger partial charge on any atom is 0.261 e. The van der Waals surface area contributed by atoms with Crippen molar-refractivity contribution in [1.29, 1.82) is 0 Å². The second kappa shape index (κ2) is 12.4. The molecule has 3 heterocycles. The van der Waals surface area contributed by atoms with E-state index >= 15 is 0 Å². The predicted molar refractivity (Wildman–Crippen MR) is 185 cm³/mol. The lowest BCUT2D eigenvalue weighted by molar-refractivity contribution is -0.124. The van der Waals surface area contributed by atoms with Gasteiger partial charge in [-0.05, 0) is 85.3 Å². The molecular weight excluding hydrogens is 612 g/mol. The number of hydrogen-bond acceptors (Lipinski definition) is 6. The lowest BCUT2D eigenvalue weighted by Crippen LogP contribution is -2.58. The summed E-state index contributed by atoms with van der Waals surface area (Å²) in [6.45, 7) is 10.4. The smallest absolute Gasteiger partial charge is 0.261 e. The Labute approximate surface area is 279 Å². The van der Waals surface area contributed by atoms with Crippen molar-refractivity contribution in [2.45, 2.75) is 65.6 Å². The van der Waals surface area contributed by atoms with Gasteiger partial charge in [0.15, 0.2) is 11.8 Å². The van der Waals surface area contributed by atoms with Crippen LogP contribution in [0.25, 0.3) is 22.4 Å². The number of nitrogens with zero attached hydrogens (tertiary/aromatic N) is 6. The minimum atomic E-state index is -0.149. The van der Waals surface area contributed by atoms with Crippen LogP contribution in [-0.2, 0) is 17.8 Å². The molecule has 5 atom stereocenters. The summed E-state index contributed by atoms with van der Waals surface area (Å²) >= 11 is 6.09. The minimum absolute atomic E-state index is 0.00137. The van der Waals surface area contributed by atoms with Gasteiger partial charge in [0.25, 0.3) is 5.56 Å². The molecule has 0 radical (unpaired) electrons. The van der Waals surface area contributed by atoms with Gasteiger partial charge < -0.3 is 15.5 Å². The third-order valence-electron chi connectivity index (χ3n) is 10.7. The number of anilines is 1. The van der Waals surface area contributed by atoms with Crippen LogP contribution in [0.2, 0.25) is 5.02 Å². The van der Waals surface area contributed by atoms with Crippen molar-refractivity contribution in [3.63, 3.8) is 0 Å². The quantitative estimate of drug-likeness (QED) is 0.211. The van der Waals surface area contributed by atoms with Crippen molar-refractivity contribution in [3.05, 3.63) is 82.0 Å². The van der Waals surface area contributed by atoms with E-state index in [-0.39, 0.29) is 30.1 Å². The van der Waals surface area contributed by atoms with Crippen molar-refractivity contribution in [1.82, 2.24) is 29.7 Å². The Balaban J connectivity index is 1.24. The summed E-state index contributed by atoms with van der Waals surface area (Å²) in [5.41, 5.74) is 3.08. The highest BCUT2D eigenvalue weighted by atomic mass is 35.5. The summed E-state index contributed by atoms with van der Waals surface area (Å²) in [6, 6.07) is 13.4. The molecule has 2 bridgehead atoms. The molecule has 244 valence electrons. The van der Waals surface area contributed by atoms with Crippen LogP contribution in [0.5, 0.6) is 0 Å². The number of benzene rings is 2. The highest BCUT2D eigenvalue weighted by molar-refractivity contribution is 6.30. The Morgan fingerprint density at radius 2 is 1.91 bits per heavy atom. The average Bonchev–Trinajstić information content (AvgIpc) is 3.05. The van der Waals surface area contributed by atoms with Crippen molar-refractivity contribution < 1.29 is 4.79 Å². The van der Waals surface area contributed by atoms with Crippen LogP contribution < -0.4 is 16.2 Å². The van der Waals surface area contributed by atoms with E-state index in [9.17, 15) is 9.59 Å². The molecule has 8 rings (SSSR count). The van der Waals surface area contributed by atoms with Crippen LogP contribution in [0.3, 0.4) is 0 Å². The molecule has 4 aliphatic rings. The zero-order valence-corrected chi connectivity index (χ0v) is 28.0. The Bertz CT molecular complexity index is 1890. The number of nitrogens with one attached hydrogen (secondary N) is 2. The lowest BCUT2D eigenvalue weighted by Gasteiger charge is -2.61. The van der Waals surface area contributed by atoms with E-state index in [1.165, 1.54) is 6.42 Å². The summed E-state index contributed by atoms with van der Waals surface area (Å²) in [5.74, 6) is 2.87. The van der Waals surface area contributed by atoms with E-state index in [4.69, 9.17) is 21.6 Å². The van der Waals surface area contributed by atoms with Gasteiger partial charge in [-0.15, -0.1) is 0 Å². The molecule has 4 aromatic rings. The molecule has 3 aliphatic carbocycles. The number of amides is 1. The van der Waals surface area contributed by atoms with Gasteiger partial charge >= 0.3 is 0 Å². The zero-order chi connectivity index (χ0) is 32.9. The first-order valence-corrected chi connectivity index (χ1v) is 16.9. The van der Waals surface area contributed by atoms with E-state index in [1.807, 2.05) is 54.3 Å². The van der Waals surface area contributed by atoms with Crippen LogP contribution in [0, 0.1) is 23.2 Å². The normalized spacial score (nSPS) is 25.3. The van der Waals surface area contributed by atoms with Gasteiger partial charge in [0.1, 0.15) is 5.69 Å². The number of piperazine rings is 1. The number of halogens is 1. The van der Waals surface area contributed by atoms with Gasteiger partial charge in [-0.2, -0.15) is 0 Å². The van der Waals surface area contributed by atoms with Crippen LogP contribution in [-0.4, -0.2) is 61.5 Å². The van der Waals surface area contributed by atoms with Gasteiger partial charge in [0.05, 0.1) is 29.7 Å². The number of fused-ring (bicyclic) bond motifs is 3. The van der Waals surface area contributed by atoms with Crippen molar-refractivity contribution >= 4 is 40.1 Å². The Hall–Kier alpha value is -4.31. The number of aromatic nitrogens is 4. The predicted octanol–water partition coefficient (Wildman–Crippen LogP) is 5.41. The molecule has 1 unspecified atom stereocenters. The summed E-state index contributed by atoms with van der Waals surface area (Å²) in [4.78, 5) is 47.7. The Morgan fingerprint density at radius 1 is 1.11 bits per heavy atom. The first kappa shape index (κ1) is 31.3. The summed E-state index contributed by atoms with van der Waals surface area (Å²) in [7, 11) is 0. The minimum Gasteiger partial charge on any atom is -0.350 e. The highest BCUT2D eigenvalue weighted by Gasteiger charge is 2.56. The van der Waals surface area contributed by atoms with E-state index < -0.39 is 0 Å². The van der Waals surface area contributed by atoms with Gasteiger partial charge in [-0.1, -0.05) is 44.5 Å². The monoisotopic (exact) mass is 652 g/mol. The molecule has 2 N–H and O–H groups in total. The SMILES string of the molecule is C[C@@H]1C(/N=C(/Nc2ccc3c(=O)n(CCc4ccc(Cl)cc4)c(-c4cnccn4)nc3c2)N2CC(=O)N[C@@H](C)C2)C[C@H]2C[C@@H]1C2(C)C. The molecule has 11 heteroatoms. The zero-order valence-electron chi connectivity index (χ0n) is 27.3. The number of guanidine groups is 1. The van der Waals surface area contributed by atoms with Gasteiger partial charge in [-0.25, -0.2) is 15.0 Å². The van der Waals surface area contributed by atoms with Crippen molar-refractivity contribution in [2.24, 2.45) is 28.2 Å². The summed E-state index contributed by atoms with van der Waals surface area (Å²) in [5, 5.41) is 7.75. The number of rotatable bonds is 6. The molecule has 2 aromatic carbocycles. The second-order valence-electron chi connectivity index (χ2n) is 14.0. The van der Waals surface area contributed by atoms with E-state index in [0.29, 0.717) is 76.1 Å². The molecule has 1 amide bonds.